The van der Waals surface area contributed by atoms with Crippen molar-refractivity contribution >= 4 is 5.90 Å². The molecule has 5 unspecified atom stereocenters. The smallest absolute Gasteiger partial charge is 0.184 e. The molecule has 0 N–H and O–H groups in total. The van der Waals surface area contributed by atoms with Crippen LogP contribution in [0.3, 0.4) is 0 Å². The number of benzene rings is 3. The van der Waals surface area contributed by atoms with Gasteiger partial charge in [-0.2, -0.15) is 0 Å². The van der Waals surface area contributed by atoms with Gasteiger partial charge in [0.05, 0.1) is 32.5 Å². The van der Waals surface area contributed by atoms with Crippen molar-refractivity contribution in [3.63, 3.8) is 0 Å². The molecule has 5 nitrogen and oxygen atoms in total. The Balaban J connectivity index is 1.36. The van der Waals surface area contributed by atoms with E-state index < -0.39 is 0 Å². The molecule has 1 heterocycles. The highest BCUT2D eigenvalue weighted by Gasteiger charge is 2.50. The summed E-state index contributed by atoms with van der Waals surface area (Å²) in [6, 6.07) is 30.9. The highest BCUT2D eigenvalue weighted by Crippen LogP contribution is 2.38. The summed E-state index contributed by atoms with van der Waals surface area (Å²) < 4.78 is 25.9. The molecular formula is C32H37NO4. The van der Waals surface area contributed by atoms with Crippen LogP contribution in [0.2, 0.25) is 0 Å². The summed E-state index contributed by atoms with van der Waals surface area (Å²) in [7, 11) is 0. The Morgan fingerprint density at radius 2 is 1.27 bits per heavy atom. The van der Waals surface area contributed by atoms with Crippen LogP contribution >= 0.6 is 0 Å². The molecule has 0 bridgehead atoms. The SMILES string of the molecule is CCCC1=NC2C(CC(COCc3ccccc3)C(OCc3ccccc3)C2OCc2ccccc2)O1. The van der Waals surface area contributed by atoms with Crippen LogP contribution in [0.25, 0.3) is 0 Å². The van der Waals surface area contributed by atoms with E-state index in [0.717, 1.165) is 36.3 Å². The van der Waals surface area contributed by atoms with Crippen LogP contribution in [0.4, 0.5) is 0 Å². The molecule has 3 aromatic rings. The minimum Gasteiger partial charge on any atom is -0.475 e. The fraction of sp³-hybridized carbons (Fsp3) is 0.406. The molecule has 0 aromatic heterocycles. The number of fused-ring (bicyclic) bond motifs is 1. The van der Waals surface area contributed by atoms with E-state index >= 15 is 0 Å². The maximum absolute atomic E-state index is 6.66. The normalized spacial score (nSPS) is 24.8. The Morgan fingerprint density at radius 3 is 1.84 bits per heavy atom. The van der Waals surface area contributed by atoms with E-state index in [1.54, 1.807) is 0 Å². The first-order valence-electron chi connectivity index (χ1n) is 13.5. The number of hydrogen-bond acceptors (Lipinski definition) is 5. The van der Waals surface area contributed by atoms with Crippen molar-refractivity contribution in [3.8, 4) is 0 Å². The average Bonchev–Trinajstić information content (AvgIpc) is 3.35. The van der Waals surface area contributed by atoms with Crippen LogP contribution in [0.5, 0.6) is 0 Å². The Bertz CT molecular complexity index is 1110. The van der Waals surface area contributed by atoms with Crippen LogP contribution < -0.4 is 0 Å². The van der Waals surface area contributed by atoms with Gasteiger partial charge in [-0.15, -0.1) is 0 Å². The van der Waals surface area contributed by atoms with Crippen LogP contribution in [0, 0.1) is 5.92 Å². The molecule has 0 amide bonds. The lowest BCUT2D eigenvalue weighted by atomic mass is 9.79. The lowest BCUT2D eigenvalue weighted by Gasteiger charge is -2.42. The predicted octanol–water partition coefficient (Wildman–Crippen LogP) is 6.36. The zero-order chi connectivity index (χ0) is 25.3. The minimum atomic E-state index is -0.220. The molecule has 0 radical (unpaired) electrons. The van der Waals surface area contributed by atoms with Gasteiger partial charge in [0.1, 0.15) is 18.2 Å². The Morgan fingerprint density at radius 1 is 0.730 bits per heavy atom. The zero-order valence-corrected chi connectivity index (χ0v) is 21.6. The third kappa shape index (κ3) is 6.86. The molecule has 1 fully saturated rings. The van der Waals surface area contributed by atoms with E-state index in [4.69, 9.17) is 23.9 Å². The molecule has 0 spiro atoms. The first kappa shape index (κ1) is 25.7. The van der Waals surface area contributed by atoms with Gasteiger partial charge in [-0.3, -0.25) is 0 Å². The molecular weight excluding hydrogens is 462 g/mol. The second-order valence-corrected chi connectivity index (χ2v) is 9.94. The van der Waals surface area contributed by atoms with Gasteiger partial charge in [-0.1, -0.05) is 97.9 Å². The van der Waals surface area contributed by atoms with Crippen LogP contribution in [0.1, 0.15) is 42.9 Å². The monoisotopic (exact) mass is 499 g/mol. The lowest BCUT2D eigenvalue weighted by Crippen LogP contribution is -2.55. The number of ether oxygens (including phenoxy) is 4. The summed E-state index contributed by atoms with van der Waals surface area (Å²) >= 11 is 0. The first-order valence-corrected chi connectivity index (χ1v) is 13.5. The summed E-state index contributed by atoms with van der Waals surface area (Å²) in [6.07, 6.45) is 2.30. The summed E-state index contributed by atoms with van der Waals surface area (Å²) in [6.45, 7) is 4.34. The quantitative estimate of drug-likeness (QED) is 0.291. The topological polar surface area (TPSA) is 49.3 Å². The Labute approximate surface area is 220 Å². The van der Waals surface area contributed by atoms with Gasteiger partial charge in [-0.05, 0) is 29.5 Å². The molecule has 5 rings (SSSR count). The molecule has 5 heteroatoms. The fourth-order valence-corrected chi connectivity index (χ4v) is 5.25. The van der Waals surface area contributed by atoms with Crippen LogP contribution in [-0.4, -0.2) is 36.9 Å². The van der Waals surface area contributed by atoms with Crippen molar-refractivity contribution in [1.29, 1.82) is 0 Å². The summed E-state index contributed by atoms with van der Waals surface area (Å²) in [5, 5.41) is 0. The largest absolute Gasteiger partial charge is 0.475 e. The Kier molecular flexibility index (Phi) is 9.01. The van der Waals surface area contributed by atoms with Gasteiger partial charge in [0.2, 0.25) is 0 Å². The second kappa shape index (κ2) is 13.0. The minimum absolute atomic E-state index is 0.00998. The van der Waals surface area contributed by atoms with Crippen molar-refractivity contribution in [3.05, 3.63) is 108 Å². The summed E-state index contributed by atoms with van der Waals surface area (Å²) in [4.78, 5) is 5.01. The van der Waals surface area contributed by atoms with Crippen molar-refractivity contribution in [2.24, 2.45) is 10.9 Å². The number of rotatable bonds is 12. The van der Waals surface area contributed by atoms with Crippen LogP contribution in [-0.2, 0) is 38.8 Å². The molecule has 5 atom stereocenters. The molecule has 37 heavy (non-hydrogen) atoms. The van der Waals surface area contributed by atoms with Crippen LogP contribution in [0.15, 0.2) is 96.0 Å². The zero-order valence-electron chi connectivity index (χ0n) is 21.6. The van der Waals surface area contributed by atoms with E-state index in [-0.39, 0.29) is 30.3 Å². The van der Waals surface area contributed by atoms with Crippen molar-refractivity contribution in [2.75, 3.05) is 6.61 Å². The van der Waals surface area contributed by atoms with E-state index in [1.165, 1.54) is 5.56 Å². The molecule has 194 valence electrons. The lowest BCUT2D eigenvalue weighted by molar-refractivity contribution is -0.162. The highest BCUT2D eigenvalue weighted by atomic mass is 16.6. The number of hydrogen-bond donors (Lipinski definition) is 0. The highest BCUT2D eigenvalue weighted by molar-refractivity contribution is 5.78. The third-order valence-corrected chi connectivity index (χ3v) is 7.10. The van der Waals surface area contributed by atoms with E-state index in [1.807, 2.05) is 54.6 Å². The van der Waals surface area contributed by atoms with Crippen molar-refractivity contribution in [2.45, 2.75) is 70.4 Å². The predicted molar refractivity (Wildman–Crippen MR) is 145 cm³/mol. The fourth-order valence-electron chi connectivity index (χ4n) is 5.25. The average molecular weight is 500 g/mol. The molecule has 1 aliphatic carbocycles. The Hall–Kier alpha value is -2.99. The molecule has 2 aliphatic rings. The number of aliphatic imine (C=N–C) groups is 1. The summed E-state index contributed by atoms with van der Waals surface area (Å²) in [5.74, 6) is 0.976. The molecule has 1 saturated carbocycles. The second-order valence-electron chi connectivity index (χ2n) is 9.94. The maximum atomic E-state index is 6.66. The maximum Gasteiger partial charge on any atom is 0.184 e. The van der Waals surface area contributed by atoms with Gasteiger partial charge in [-0.25, -0.2) is 4.99 Å². The van der Waals surface area contributed by atoms with Crippen molar-refractivity contribution < 1.29 is 18.9 Å². The number of nitrogens with zero attached hydrogens (tertiary/aromatic N) is 1. The molecule has 0 saturated heterocycles. The standard InChI is InChI=1S/C32H37NO4/c1-2-12-29-33-30-28(37-29)19-27(23-34-20-24-13-6-3-7-14-24)31(35-21-25-15-8-4-9-16-25)32(30)36-22-26-17-10-5-11-18-26/h3-11,13-18,27-28,30-32H,2,12,19-23H2,1H3. The van der Waals surface area contributed by atoms with E-state index in [9.17, 15) is 0 Å². The molecule has 1 aliphatic heterocycles. The van der Waals surface area contributed by atoms with Gasteiger partial charge in [0.15, 0.2) is 5.90 Å². The van der Waals surface area contributed by atoms with Gasteiger partial charge in [0.25, 0.3) is 0 Å². The van der Waals surface area contributed by atoms with Gasteiger partial charge < -0.3 is 18.9 Å². The van der Waals surface area contributed by atoms with Gasteiger partial charge in [0, 0.05) is 12.3 Å². The first-order chi connectivity index (χ1) is 18.3. The van der Waals surface area contributed by atoms with E-state index in [0.29, 0.717) is 26.4 Å². The van der Waals surface area contributed by atoms with E-state index in [2.05, 4.69) is 43.3 Å². The summed E-state index contributed by atoms with van der Waals surface area (Å²) in [5.41, 5.74) is 3.45. The van der Waals surface area contributed by atoms with Gasteiger partial charge >= 0.3 is 0 Å². The molecule has 3 aromatic carbocycles. The van der Waals surface area contributed by atoms with Crippen molar-refractivity contribution in [1.82, 2.24) is 0 Å². The third-order valence-electron chi connectivity index (χ3n) is 7.10.